The van der Waals surface area contributed by atoms with Crippen molar-refractivity contribution < 1.29 is 24.2 Å². The number of carbonyl (C=O) groups excluding carboxylic acids is 1. The van der Waals surface area contributed by atoms with Crippen molar-refractivity contribution in [1.82, 2.24) is 4.90 Å². The molecule has 1 aliphatic rings. The van der Waals surface area contributed by atoms with E-state index in [2.05, 4.69) is 0 Å². The van der Waals surface area contributed by atoms with Crippen LogP contribution in [0, 0.1) is 6.92 Å². The zero-order valence-electron chi connectivity index (χ0n) is 10.0. The summed E-state index contributed by atoms with van der Waals surface area (Å²) < 4.78 is 5.11. The molecule has 1 amide bonds. The van der Waals surface area contributed by atoms with E-state index in [1.807, 2.05) is 0 Å². The third-order valence-electron chi connectivity index (χ3n) is 3.33. The van der Waals surface area contributed by atoms with Crippen LogP contribution in [-0.4, -0.2) is 45.7 Å². The molecule has 18 heavy (non-hydrogen) atoms. The van der Waals surface area contributed by atoms with Crippen LogP contribution >= 0.6 is 0 Å². The molecule has 0 aliphatic carbocycles. The molecule has 1 saturated heterocycles. The van der Waals surface area contributed by atoms with Crippen LogP contribution in [0.3, 0.4) is 0 Å². The summed E-state index contributed by atoms with van der Waals surface area (Å²) in [4.78, 5) is 24.4. The molecule has 1 aromatic heterocycles. The highest BCUT2D eigenvalue weighted by Crippen LogP contribution is 2.24. The van der Waals surface area contributed by atoms with E-state index in [4.69, 9.17) is 9.52 Å². The number of amides is 1. The Balaban J connectivity index is 2.05. The lowest BCUT2D eigenvalue weighted by molar-refractivity contribution is -0.162. The van der Waals surface area contributed by atoms with Gasteiger partial charge in [-0.25, -0.2) is 4.79 Å². The van der Waals surface area contributed by atoms with Crippen molar-refractivity contribution in [3.8, 4) is 0 Å². The molecule has 2 N–H and O–H groups in total. The van der Waals surface area contributed by atoms with Crippen molar-refractivity contribution in [3.05, 3.63) is 23.7 Å². The number of likely N-dealkylation sites (tertiary alicyclic amines) is 1. The second-order valence-electron chi connectivity index (χ2n) is 4.56. The highest BCUT2D eigenvalue weighted by Gasteiger charge is 2.40. The molecule has 6 nitrogen and oxygen atoms in total. The summed E-state index contributed by atoms with van der Waals surface area (Å²) in [5.74, 6) is -1.22. The van der Waals surface area contributed by atoms with Gasteiger partial charge in [0.2, 0.25) is 0 Å². The molecule has 6 heteroatoms. The number of piperidine rings is 1. The summed E-state index contributed by atoms with van der Waals surface area (Å²) in [5.41, 5.74) is -0.964. The number of carboxylic acids is 1. The van der Waals surface area contributed by atoms with Crippen molar-refractivity contribution >= 4 is 11.9 Å². The van der Waals surface area contributed by atoms with Crippen LogP contribution in [0.1, 0.15) is 29.0 Å². The molecule has 0 bridgehead atoms. The third kappa shape index (κ3) is 2.11. The molecule has 0 spiro atoms. The third-order valence-corrected chi connectivity index (χ3v) is 3.33. The van der Waals surface area contributed by atoms with Crippen LogP contribution in [0.25, 0.3) is 0 Å². The molecule has 0 atom stereocenters. The fourth-order valence-corrected chi connectivity index (χ4v) is 2.03. The Morgan fingerprint density at radius 1 is 1.39 bits per heavy atom. The molecular weight excluding hydrogens is 238 g/mol. The number of nitrogens with zero attached hydrogens (tertiary/aromatic N) is 1. The van der Waals surface area contributed by atoms with Gasteiger partial charge in [-0.15, -0.1) is 0 Å². The SMILES string of the molecule is Cc1ccoc1C(=O)N1CCC(O)(C(=O)O)CC1. The molecule has 0 saturated carbocycles. The summed E-state index contributed by atoms with van der Waals surface area (Å²) in [6.07, 6.45) is 1.52. The topological polar surface area (TPSA) is 91.0 Å². The molecular formula is C12H15NO5. The van der Waals surface area contributed by atoms with E-state index in [0.29, 0.717) is 0 Å². The van der Waals surface area contributed by atoms with Crippen molar-refractivity contribution in [2.45, 2.75) is 25.4 Å². The fraction of sp³-hybridized carbons (Fsp3) is 0.500. The first-order valence-corrected chi connectivity index (χ1v) is 5.73. The zero-order chi connectivity index (χ0) is 13.3. The van der Waals surface area contributed by atoms with Gasteiger partial charge in [0, 0.05) is 31.5 Å². The first-order valence-electron chi connectivity index (χ1n) is 5.73. The van der Waals surface area contributed by atoms with E-state index in [1.165, 1.54) is 11.2 Å². The molecule has 2 rings (SSSR count). The van der Waals surface area contributed by atoms with Crippen LogP contribution in [0.5, 0.6) is 0 Å². The standard InChI is InChI=1S/C12H15NO5/c1-8-2-7-18-9(8)10(14)13-5-3-12(17,4-6-13)11(15)16/h2,7,17H,3-6H2,1H3,(H,15,16). The minimum absolute atomic E-state index is 0.0355. The minimum Gasteiger partial charge on any atom is -0.479 e. The summed E-state index contributed by atoms with van der Waals surface area (Å²) in [5, 5.41) is 18.7. The molecule has 0 aromatic carbocycles. The number of carbonyl (C=O) groups is 2. The van der Waals surface area contributed by atoms with E-state index in [0.717, 1.165) is 5.56 Å². The van der Waals surface area contributed by atoms with Crippen molar-refractivity contribution in [2.24, 2.45) is 0 Å². The number of rotatable bonds is 2. The summed E-state index contributed by atoms with van der Waals surface area (Å²) in [7, 11) is 0. The first kappa shape index (κ1) is 12.6. The van der Waals surface area contributed by atoms with Crippen molar-refractivity contribution in [3.63, 3.8) is 0 Å². The monoisotopic (exact) mass is 253 g/mol. The van der Waals surface area contributed by atoms with E-state index in [-0.39, 0.29) is 37.6 Å². The Hall–Kier alpha value is -1.82. The Morgan fingerprint density at radius 3 is 2.44 bits per heavy atom. The molecule has 1 fully saturated rings. The van der Waals surface area contributed by atoms with Gasteiger partial charge in [-0.1, -0.05) is 0 Å². The largest absolute Gasteiger partial charge is 0.479 e. The fourth-order valence-electron chi connectivity index (χ4n) is 2.03. The zero-order valence-corrected chi connectivity index (χ0v) is 10.0. The van der Waals surface area contributed by atoms with E-state index in [9.17, 15) is 14.7 Å². The van der Waals surface area contributed by atoms with Gasteiger partial charge in [0.25, 0.3) is 5.91 Å². The molecule has 0 radical (unpaired) electrons. The van der Waals surface area contributed by atoms with Gasteiger partial charge in [-0.2, -0.15) is 0 Å². The van der Waals surface area contributed by atoms with Crippen LogP contribution in [0.15, 0.2) is 16.7 Å². The molecule has 1 aromatic rings. The number of hydrogen-bond acceptors (Lipinski definition) is 4. The lowest BCUT2D eigenvalue weighted by Crippen LogP contribution is -2.50. The van der Waals surface area contributed by atoms with Crippen LogP contribution in [0.2, 0.25) is 0 Å². The second-order valence-corrected chi connectivity index (χ2v) is 4.56. The molecule has 1 aliphatic heterocycles. The van der Waals surface area contributed by atoms with Gasteiger partial charge in [0.15, 0.2) is 11.4 Å². The van der Waals surface area contributed by atoms with Crippen LogP contribution < -0.4 is 0 Å². The maximum atomic E-state index is 12.1. The Bertz CT molecular complexity index is 471. The number of hydrogen-bond donors (Lipinski definition) is 2. The number of aryl methyl sites for hydroxylation is 1. The molecule has 98 valence electrons. The summed E-state index contributed by atoms with van der Waals surface area (Å²) in [6.45, 7) is 2.19. The average Bonchev–Trinajstić information content (AvgIpc) is 2.75. The van der Waals surface area contributed by atoms with Crippen LogP contribution in [0.4, 0.5) is 0 Å². The highest BCUT2D eigenvalue weighted by molar-refractivity contribution is 5.93. The van der Waals surface area contributed by atoms with Gasteiger partial charge in [0.1, 0.15) is 0 Å². The Morgan fingerprint density at radius 2 is 2.00 bits per heavy atom. The Kier molecular flexibility index (Phi) is 3.13. The summed E-state index contributed by atoms with van der Waals surface area (Å²) in [6, 6.07) is 1.70. The number of furan rings is 1. The maximum absolute atomic E-state index is 12.1. The van der Waals surface area contributed by atoms with Crippen molar-refractivity contribution in [2.75, 3.05) is 13.1 Å². The second kappa shape index (κ2) is 4.45. The normalized spacial score (nSPS) is 18.7. The first-order chi connectivity index (χ1) is 8.44. The van der Waals surface area contributed by atoms with Crippen LogP contribution in [-0.2, 0) is 4.79 Å². The lowest BCUT2D eigenvalue weighted by Gasteiger charge is -2.34. The van der Waals surface area contributed by atoms with Crippen molar-refractivity contribution in [1.29, 1.82) is 0 Å². The van der Waals surface area contributed by atoms with Gasteiger partial charge in [-0.05, 0) is 13.0 Å². The predicted molar refractivity (Wildman–Crippen MR) is 61.2 cm³/mol. The summed E-state index contributed by atoms with van der Waals surface area (Å²) >= 11 is 0. The van der Waals surface area contributed by atoms with Gasteiger partial charge >= 0.3 is 5.97 Å². The number of carboxylic acid groups (broad SMARTS) is 1. The highest BCUT2D eigenvalue weighted by atomic mass is 16.4. The van der Waals surface area contributed by atoms with Gasteiger partial charge in [0.05, 0.1) is 6.26 Å². The smallest absolute Gasteiger partial charge is 0.335 e. The van der Waals surface area contributed by atoms with E-state index >= 15 is 0 Å². The van der Waals surface area contributed by atoms with Gasteiger partial charge in [-0.3, -0.25) is 4.79 Å². The quantitative estimate of drug-likeness (QED) is 0.807. The maximum Gasteiger partial charge on any atom is 0.335 e. The Labute approximate surface area is 104 Å². The van der Waals surface area contributed by atoms with Gasteiger partial charge < -0.3 is 19.5 Å². The number of aliphatic hydroxyl groups is 1. The average molecular weight is 253 g/mol. The predicted octanol–water partition coefficient (Wildman–Crippen LogP) is 0.640. The minimum atomic E-state index is -1.71. The molecule has 0 unspecified atom stereocenters. The van der Waals surface area contributed by atoms with E-state index < -0.39 is 11.6 Å². The van der Waals surface area contributed by atoms with E-state index in [1.54, 1.807) is 13.0 Å². The number of aliphatic carboxylic acids is 1. The lowest BCUT2D eigenvalue weighted by atomic mass is 9.91. The molecule has 2 heterocycles.